The topological polar surface area (TPSA) is 64.4 Å². The number of nitrogens with zero attached hydrogens (tertiary/aromatic N) is 1. The number of carbonyl (C=O) groups excluding carboxylic acids is 1. The molecule has 34 heavy (non-hydrogen) atoms. The Hall–Kier alpha value is -4.16. The molecule has 6 heteroatoms. The largest absolute Gasteiger partial charge is 0.457 e. The Labute approximate surface area is 205 Å². The average molecular weight is 511 g/mol. The van der Waals surface area contributed by atoms with E-state index in [-0.39, 0.29) is 5.91 Å². The van der Waals surface area contributed by atoms with Gasteiger partial charge in [-0.25, -0.2) is 4.98 Å². The molecule has 0 fully saturated rings. The molecule has 0 aliphatic carbocycles. The molecule has 1 amide bonds. The summed E-state index contributed by atoms with van der Waals surface area (Å²) in [5.74, 6) is 2.19. The molecule has 0 aliphatic heterocycles. The van der Waals surface area contributed by atoms with Crippen molar-refractivity contribution in [1.82, 2.24) is 4.98 Å². The summed E-state index contributed by atoms with van der Waals surface area (Å²) in [6, 6.07) is 31.8. The molecule has 166 valence electrons. The first kappa shape index (κ1) is 21.7. The summed E-state index contributed by atoms with van der Waals surface area (Å²) in [6.45, 7) is 0. The number of nitrogens with one attached hydrogen (secondary N) is 1. The van der Waals surface area contributed by atoms with E-state index in [0.717, 1.165) is 15.8 Å². The Balaban J connectivity index is 1.34. The van der Waals surface area contributed by atoms with Crippen LogP contribution in [0.25, 0.3) is 22.8 Å². The van der Waals surface area contributed by atoms with Gasteiger partial charge in [-0.3, -0.25) is 4.79 Å². The highest BCUT2D eigenvalue weighted by Crippen LogP contribution is 2.30. The lowest BCUT2D eigenvalue weighted by Crippen LogP contribution is -2.13. The molecule has 0 aliphatic rings. The zero-order chi connectivity index (χ0) is 23.3. The average Bonchev–Trinajstić information content (AvgIpc) is 3.36. The molecule has 1 heterocycles. The summed E-state index contributed by atoms with van der Waals surface area (Å²) in [7, 11) is 0. The van der Waals surface area contributed by atoms with E-state index in [4.69, 9.17) is 9.15 Å². The van der Waals surface area contributed by atoms with Gasteiger partial charge in [0.25, 0.3) is 5.91 Å². The van der Waals surface area contributed by atoms with E-state index in [9.17, 15) is 4.79 Å². The number of oxazole rings is 1. The van der Waals surface area contributed by atoms with Crippen molar-refractivity contribution in [2.45, 2.75) is 0 Å². The third-order valence-corrected chi connectivity index (χ3v) is 5.60. The van der Waals surface area contributed by atoms with Crippen molar-refractivity contribution >= 4 is 27.5 Å². The lowest BCUT2D eigenvalue weighted by atomic mass is 10.1. The van der Waals surface area contributed by atoms with E-state index in [1.165, 1.54) is 0 Å². The number of hydrogen-bond donors (Lipinski definition) is 1. The molecule has 0 bridgehead atoms. The maximum Gasteiger partial charge on any atom is 0.256 e. The molecular weight excluding hydrogens is 492 g/mol. The van der Waals surface area contributed by atoms with Crippen molar-refractivity contribution in [2.24, 2.45) is 0 Å². The SMILES string of the molecule is O=C(Nc1ccc(Oc2ccccc2)cc1)c1ccccc1-c1ncc(-c2cccc(Br)c2)o1. The van der Waals surface area contributed by atoms with Gasteiger partial charge in [-0.05, 0) is 60.7 Å². The van der Waals surface area contributed by atoms with E-state index < -0.39 is 0 Å². The van der Waals surface area contributed by atoms with Gasteiger partial charge in [-0.2, -0.15) is 0 Å². The maximum atomic E-state index is 13.1. The maximum absolute atomic E-state index is 13.1. The van der Waals surface area contributed by atoms with Crippen LogP contribution >= 0.6 is 15.9 Å². The fraction of sp³-hybridized carbons (Fsp3) is 0. The Bertz CT molecular complexity index is 1430. The predicted octanol–water partition coefficient (Wildman–Crippen LogP) is 7.82. The highest BCUT2D eigenvalue weighted by atomic mass is 79.9. The van der Waals surface area contributed by atoms with Gasteiger partial charge in [-0.1, -0.05) is 58.4 Å². The number of rotatable bonds is 6. The molecular formula is C28H19BrN2O3. The second-order valence-electron chi connectivity index (χ2n) is 7.48. The van der Waals surface area contributed by atoms with Crippen LogP contribution in [0.5, 0.6) is 11.5 Å². The van der Waals surface area contributed by atoms with Gasteiger partial charge in [0.15, 0.2) is 5.76 Å². The van der Waals surface area contributed by atoms with Crippen molar-refractivity contribution in [1.29, 1.82) is 0 Å². The molecule has 5 nitrogen and oxygen atoms in total. The Morgan fingerprint density at radius 1 is 0.824 bits per heavy atom. The number of halogens is 1. The Morgan fingerprint density at radius 3 is 2.35 bits per heavy atom. The molecule has 0 radical (unpaired) electrons. The minimum atomic E-state index is -0.255. The smallest absolute Gasteiger partial charge is 0.256 e. The molecule has 0 saturated heterocycles. The van der Waals surface area contributed by atoms with Crippen molar-refractivity contribution in [2.75, 3.05) is 5.32 Å². The first-order valence-electron chi connectivity index (χ1n) is 10.6. The molecule has 5 aromatic rings. The quantitative estimate of drug-likeness (QED) is 0.253. The van der Waals surface area contributed by atoms with Crippen LogP contribution in [0.15, 0.2) is 118 Å². The number of ether oxygens (including phenoxy) is 1. The molecule has 0 spiro atoms. The standard InChI is InChI=1S/C28H19BrN2O3/c29-20-8-6-7-19(17-20)26-18-30-28(34-26)25-12-5-4-11-24(25)27(32)31-21-13-15-23(16-14-21)33-22-9-2-1-3-10-22/h1-18H,(H,31,32). The van der Waals surface area contributed by atoms with Crippen LogP contribution in [0.2, 0.25) is 0 Å². The first-order chi connectivity index (χ1) is 16.7. The number of amides is 1. The van der Waals surface area contributed by atoms with Gasteiger partial charge in [0.1, 0.15) is 11.5 Å². The molecule has 0 unspecified atom stereocenters. The molecule has 5 rings (SSSR count). The van der Waals surface area contributed by atoms with E-state index in [0.29, 0.717) is 34.2 Å². The molecule has 0 saturated carbocycles. The van der Waals surface area contributed by atoms with Crippen LogP contribution < -0.4 is 10.1 Å². The van der Waals surface area contributed by atoms with E-state index in [1.54, 1.807) is 24.4 Å². The Morgan fingerprint density at radius 2 is 1.56 bits per heavy atom. The lowest BCUT2D eigenvalue weighted by molar-refractivity contribution is 0.102. The normalized spacial score (nSPS) is 10.6. The van der Waals surface area contributed by atoms with Crippen molar-refractivity contribution in [3.63, 3.8) is 0 Å². The van der Waals surface area contributed by atoms with Gasteiger partial charge in [0, 0.05) is 21.3 Å². The number of hydrogen-bond acceptors (Lipinski definition) is 4. The fourth-order valence-electron chi connectivity index (χ4n) is 3.47. The minimum Gasteiger partial charge on any atom is -0.457 e. The summed E-state index contributed by atoms with van der Waals surface area (Å²) in [5.41, 5.74) is 2.63. The van der Waals surface area contributed by atoms with Crippen LogP contribution in [-0.2, 0) is 0 Å². The molecule has 0 atom stereocenters. The number of benzene rings is 4. The molecule has 1 N–H and O–H groups in total. The van der Waals surface area contributed by atoms with Gasteiger partial charge in [0.2, 0.25) is 5.89 Å². The lowest BCUT2D eigenvalue weighted by Gasteiger charge is -2.10. The predicted molar refractivity (Wildman–Crippen MR) is 136 cm³/mol. The third-order valence-electron chi connectivity index (χ3n) is 5.11. The van der Waals surface area contributed by atoms with Crippen LogP contribution in [-0.4, -0.2) is 10.9 Å². The Kier molecular flexibility index (Phi) is 6.23. The van der Waals surface area contributed by atoms with Gasteiger partial charge >= 0.3 is 0 Å². The summed E-state index contributed by atoms with van der Waals surface area (Å²) < 4.78 is 12.8. The first-order valence-corrected chi connectivity index (χ1v) is 11.4. The van der Waals surface area contributed by atoms with Crippen molar-refractivity contribution in [3.05, 3.63) is 119 Å². The fourth-order valence-corrected chi connectivity index (χ4v) is 3.87. The number of para-hydroxylation sites is 1. The monoisotopic (exact) mass is 510 g/mol. The highest BCUT2D eigenvalue weighted by molar-refractivity contribution is 9.10. The van der Waals surface area contributed by atoms with E-state index >= 15 is 0 Å². The summed E-state index contributed by atoms with van der Waals surface area (Å²) in [6.07, 6.45) is 1.66. The zero-order valence-electron chi connectivity index (χ0n) is 17.9. The zero-order valence-corrected chi connectivity index (χ0v) is 19.5. The van der Waals surface area contributed by atoms with Crippen molar-refractivity contribution in [3.8, 4) is 34.3 Å². The van der Waals surface area contributed by atoms with Crippen LogP contribution in [0.3, 0.4) is 0 Å². The van der Waals surface area contributed by atoms with Crippen LogP contribution in [0, 0.1) is 0 Å². The summed E-state index contributed by atoms with van der Waals surface area (Å²) in [5, 5.41) is 2.94. The number of aromatic nitrogens is 1. The molecule has 1 aromatic heterocycles. The number of anilines is 1. The van der Waals surface area contributed by atoms with Crippen molar-refractivity contribution < 1.29 is 13.9 Å². The van der Waals surface area contributed by atoms with E-state index in [2.05, 4.69) is 26.2 Å². The second-order valence-corrected chi connectivity index (χ2v) is 8.39. The van der Waals surface area contributed by atoms with Gasteiger partial charge in [-0.15, -0.1) is 0 Å². The summed E-state index contributed by atoms with van der Waals surface area (Å²) >= 11 is 3.47. The second kappa shape index (κ2) is 9.77. The van der Waals surface area contributed by atoms with Crippen LogP contribution in [0.1, 0.15) is 10.4 Å². The van der Waals surface area contributed by atoms with Crippen LogP contribution in [0.4, 0.5) is 5.69 Å². The highest BCUT2D eigenvalue weighted by Gasteiger charge is 2.17. The summed E-state index contributed by atoms with van der Waals surface area (Å²) in [4.78, 5) is 17.5. The number of carbonyl (C=O) groups is 1. The minimum absolute atomic E-state index is 0.255. The van der Waals surface area contributed by atoms with E-state index in [1.807, 2.05) is 84.9 Å². The van der Waals surface area contributed by atoms with Gasteiger partial charge < -0.3 is 14.5 Å². The van der Waals surface area contributed by atoms with Gasteiger partial charge in [0.05, 0.1) is 11.8 Å². The molecule has 4 aromatic carbocycles. The third kappa shape index (κ3) is 4.92.